The molecule has 3 N–H and O–H groups in total. The first-order valence-electron chi connectivity index (χ1n) is 3.60. The first kappa shape index (κ1) is 9.60. The summed E-state index contributed by atoms with van der Waals surface area (Å²) >= 11 is 0. The minimum Gasteiger partial charge on any atom is -0.393 e. The van der Waals surface area contributed by atoms with Gasteiger partial charge in [-0.2, -0.15) is 0 Å². The van der Waals surface area contributed by atoms with E-state index >= 15 is 0 Å². The lowest BCUT2D eigenvalue weighted by atomic mass is 9.90. The molecule has 3 atom stereocenters. The Hall–Kier alpha value is -0.490. The second kappa shape index (κ2) is 2.77. The largest absolute Gasteiger partial charge is 0.393 e. The van der Waals surface area contributed by atoms with E-state index in [1.54, 1.807) is 0 Å². The van der Waals surface area contributed by atoms with Gasteiger partial charge in [0.05, 0.1) is 13.2 Å². The molecule has 5 heteroatoms. The Morgan fingerprint density at radius 2 is 2.33 bits per heavy atom. The van der Waals surface area contributed by atoms with Crippen molar-refractivity contribution >= 4 is 6.29 Å². The smallest absolute Gasteiger partial charge is 0.171 e. The summed E-state index contributed by atoms with van der Waals surface area (Å²) < 4.78 is 4.93. The van der Waals surface area contributed by atoms with Gasteiger partial charge in [0, 0.05) is 0 Å². The maximum atomic E-state index is 10.4. The van der Waals surface area contributed by atoms with E-state index in [2.05, 4.69) is 0 Å². The van der Waals surface area contributed by atoms with Crippen molar-refractivity contribution in [3.63, 3.8) is 0 Å². The van der Waals surface area contributed by atoms with Crippen LogP contribution in [0.5, 0.6) is 0 Å². The predicted molar refractivity (Wildman–Crippen MR) is 38.5 cm³/mol. The molecule has 0 aliphatic carbocycles. The maximum Gasteiger partial charge on any atom is 0.171 e. The Kier molecular flexibility index (Phi) is 2.22. The summed E-state index contributed by atoms with van der Waals surface area (Å²) in [6.07, 6.45) is -1.15. The van der Waals surface area contributed by atoms with E-state index < -0.39 is 23.9 Å². The Bertz CT molecular complexity index is 194. The monoisotopic (exact) mass is 176 g/mol. The highest BCUT2D eigenvalue weighted by Crippen LogP contribution is 2.31. The summed E-state index contributed by atoms with van der Waals surface area (Å²) in [5, 5.41) is 27.6. The summed E-state index contributed by atoms with van der Waals surface area (Å²) in [6, 6.07) is 0. The SMILES string of the molecule is C[C@]1(CO)OC[C@@](O)(C=O)[C@@H]1O. The van der Waals surface area contributed by atoms with Gasteiger partial charge in [-0.3, -0.25) is 4.79 Å². The van der Waals surface area contributed by atoms with E-state index in [1.807, 2.05) is 0 Å². The maximum absolute atomic E-state index is 10.4. The third-order valence-electron chi connectivity index (χ3n) is 2.20. The van der Waals surface area contributed by atoms with Crippen molar-refractivity contribution in [2.45, 2.75) is 24.2 Å². The van der Waals surface area contributed by atoms with Crippen molar-refractivity contribution in [3.8, 4) is 0 Å². The van der Waals surface area contributed by atoms with Gasteiger partial charge in [-0.25, -0.2) is 0 Å². The van der Waals surface area contributed by atoms with Crippen LogP contribution in [0.25, 0.3) is 0 Å². The molecule has 5 nitrogen and oxygen atoms in total. The van der Waals surface area contributed by atoms with E-state index in [0.717, 1.165) is 0 Å². The van der Waals surface area contributed by atoms with E-state index in [1.165, 1.54) is 6.92 Å². The van der Waals surface area contributed by atoms with Crippen LogP contribution in [-0.2, 0) is 9.53 Å². The second-order valence-corrected chi connectivity index (χ2v) is 3.27. The van der Waals surface area contributed by atoms with Gasteiger partial charge in [-0.05, 0) is 6.92 Å². The molecule has 70 valence electrons. The molecule has 0 unspecified atom stereocenters. The summed E-state index contributed by atoms with van der Waals surface area (Å²) in [5.41, 5.74) is -3.12. The fraction of sp³-hybridized carbons (Fsp3) is 0.857. The van der Waals surface area contributed by atoms with Crippen molar-refractivity contribution < 1.29 is 24.9 Å². The molecule has 1 heterocycles. The van der Waals surface area contributed by atoms with Crippen molar-refractivity contribution in [3.05, 3.63) is 0 Å². The first-order chi connectivity index (χ1) is 5.48. The number of ether oxygens (including phenoxy) is 1. The standard InChI is InChI=1S/C7H12O5/c1-6(2-8)5(10)7(11,3-9)4-12-6/h3,5,8,10-11H,2,4H2,1H3/t5-,6-,7+/m1/s1. The van der Waals surface area contributed by atoms with Gasteiger partial charge in [-0.15, -0.1) is 0 Å². The van der Waals surface area contributed by atoms with Crippen LogP contribution in [0.1, 0.15) is 6.92 Å². The van der Waals surface area contributed by atoms with Crippen LogP contribution in [0.15, 0.2) is 0 Å². The minimum absolute atomic E-state index is 0.235. The molecule has 1 aliphatic heterocycles. The first-order valence-corrected chi connectivity index (χ1v) is 3.60. The molecule has 0 bridgehead atoms. The highest BCUT2D eigenvalue weighted by atomic mass is 16.6. The van der Waals surface area contributed by atoms with Crippen LogP contribution in [0.3, 0.4) is 0 Å². The molecule has 1 aliphatic rings. The zero-order valence-electron chi connectivity index (χ0n) is 6.73. The Morgan fingerprint density at radius 1 is 1.75 bits per heavy atom. The van der Waals surface area contributed by atoms with Crippen LogP contribution in [-0.4, -0.2) is 52.1 Å². The molecular weight excluding hydrogens is 164 g/mol. The fourth-order valence-electron chi connectivity index (χ4n) is 1.20. The third-order valence-corrected chi connectivity index (χ3v) is 2.20. The summed E-state index contributed by atoms with van der Waals surface area (Å²) in [7, 11) is 0. The van der Waals surface area contributed by atoms with Crippen LogP contribution in [0, 0.1) is 0 Å². The Morgan fingerprint density at radius 3 is 2.58 bits per heavy atom. The number of aliphatic hydroxyl groups is 3. The molecular formula is C7H12O5. The minimum atomic E-state index is -1.88. The highest BCUT2D eigenvalue weighted by molar-refractivity contribution is 5.64. The van der Waals surface area contributed by atoms with Crippen molar-refractivity contribution in [1.82, 2.24) is 0 Å². The van der Waals surface area contributed by atoms with Crippen LogP contribution in [0.2, 0.25) is 0 Å². The molecule has 1 fully saturated rings. The van der Waals surface area contributed by atoms with Gasteiger partial charge in [0.2, 0.25) is 0 Å². The lowest BCUT2D eigenvalue weighted by Gasteiger charge is -2.27. The predicted octanol–water partition coefficient (Wildman–Crippen LogP) is -1.94. The number of hydrogen-bond acceptors (Lipinski definition) is 5. The van der Waals surface area contributed by atoms with Crippen molar-refractivity contribution in [2.24, 2.45) is 0 Å². The molecule has 0 radical (unpaired) electrons. The zero-order valence-corrected chi connectivity index (χ0v) is 6.73. The average molecular weight is 176 g/mol. The van der Waals surface area contributed by atoms with Gasteiger partial charge in [-0.1, -0.05) is 0 Å². The van der Waals surface area contributed by atoms with Crippen LogP contribution in [0.4, 0.5) is 0 Å². The van der Waals surface area contributed by atoms with Gasteiger partial charge < -0.3 is 20.1 Å². The lowest BCUT2D eigenvalue weighted by Crippen LogP contribution is -2.51. The summed E-state index contributed by atoms with van der Waals surface area (Å²) in [4.78, 5) is 10.4. The van der Waals surface area contributed by atoms with E-state index in [-0.39, 0.29) is 12.9 Å². The van der Waals surface area contributed by atoms with Crippen LogP contribution < -0.4 is 0 Å². The molecule has 0 spiro atoms. The zero-order chi connectivity index (χ0) is 9.41. The molecule has 1 saturated heterocycles. The Balaban J connectivity index is 2.86. The highest BCUT2D eigenvalue weighted by Gasteiger charge is 2.54. The van der Waals surface area contributed by atoms with E-state index in [0.29, 0.717) is 0 Å². The normalized spacial score (nSPS) is 47.8. The Labute approximate surface area is 69.6 Å². The van der Waals surface area contributed by atoms with Gasteiger partial charge >= 0.3 is 0 Å². The van der Waals surface area contributed by atoms with Gasteiger partial charge in [0.25, 0.3) is 0 Å². The van der Waals surface area contributed by atoms with Gasteiger partial charge in [0.1, 0.15) is 11.7 Å². The topological polar surface area (TPSA) is 87.0 Å². The third kappa shape index (κ3) is 1.15. The van der Waals surface area contributed by atoms with Crippen LogP contribution >= 0.6 is 0 Å². The molecule has 0 aromatic heterocycles. The number of rotatable bonds is 2. The second-order valence-electron chi connectivity index (χ2n) is 3.27. The summed E-state index contributed by atoms with van der Waals surface area (Å²) in [6.45, 7) is 0.707. The molecule has 0 aromatic rings. The van der Waals surface area contributed by atoms with Crippen molar-refractivity contribution in [2.75, 3.05) is 13.2 Å². The average Bonchev–Trinajstić information content (AvgIpc) is 2.32. The number of aldehydes is 1. The fourth-order valence-corrected chi connectivity index (χ4v) is 1.20. The quantitative estimate of drug-likeness (QED) is 0.426. The number of carbonyl (C=O) groups excluding carboxylic acids is 1. The molecule has 12 heavy (non-hydrogen) atoms. The number of hydrogen-bond donors (Lipinski definition) is 3. The molecule has 0 amide bonds. The van der Waals surface area contributed by atoms with Gasteiger partial charge in [0.15, 0.2) is 11.9 Å². The van der Waals surface area contributed by atoms with E-state index in [9.17, 15) is 15.0 Å². The number of carbonyl (C=O) groups is 1. The van der Waals surface area contributed by atoms with Crippen molar-refractivity contribution in [1.29, 1.82) is 0 Å². The molecule has 0 saturated carbocycles. The lowest BCUT2D eigenvalue weighted by molar-refractivity contribution is -0.135. The summed E-state index contributed by atoms with van der Waals surface area (Å²) in [5.74, 6) is 0. The molecule has 0 aromatic carbocycles. The number of aliphatic hydroxyl groups excluding tert-OH is 2. The van der Waals surface area contributed by atoms with E-state index in [4.69, 9.17) is 9.84 Å². The molecule has 1 rings (SSSR count).